The molecule has 1 aromatic carbocycles. The maximum atomic E-state index is 13.0. The van der Waals surface area contributed by atoms with Crippen molar-refractivity contribution in [3.8, 4) is 11.5 Å². The predicted octanol–water partition coefficient (Wildman–Crippen LogP) is 2.52. The van der Waals surface area contributed by atoms with Gasteiger partial charge in [-0.05, 0) is 44.0 Å². The average Bonchev–Trinajstić information content (AvgIpc) is 3.48. The van der Waals surface area contributed by atoms with Gasteiger partial charge in [0.1, 0.15) is 11.5 Å². The van der Waals surface area contributed by atoms with Gasteiger partial charge in [-0.1, -0.05) is 5.16 Å². The number of nitrogens with zero attached hydrogens (tertiary/aromatic N) is 2. The molecule has 0 spiro atoms. The van der Waals surface area contributed by atoms with Crippen molar-refractivity contribution in [2.75, 3.05) is 27.3 Å². The Morgan fingerprint density at radius 3 is 2.59 bits per heavy atom. The van der Waals surface area contributed by atoms with Crippen LogP contribution in [0.15, 0.2) is 40.1 Å². The molecule has 1 unspecified atom stereocenters. The van der Waals surface area contributed by atoms with E-state index in [0.29, 0.717) is 55.3 Å². The zero-order valence-corrected chi connectivity index (χ0v) is 18.4. The molecule has 0 aliphatic carbocycles. The monoisotopic (exact) mass is 441 g/mol. The lowest BCUT2D eigenvalue weighted by molar-refractivity contribution is -0.143. The highest BCUT2D eigenvalue weighted by molar-refractivity contribution is 6.06. The van der Waals surface area contributed by atoms with Crippen molar-refractivity contribution in [1.82, 2.24) is 10.2 Å². The van der Waals surface area contributed by atoms with Gasteiger partial charge in [-0.2, -0.15) is 0 Å². The Balaban J connectivity index is 1.31. The number of methoxy groups -OCH3 is 2. The van der Waals surface area contributed by atoms with E-state index < -0.39 is 6.10 Å². The molecule has 9 heteroatoms. The molecule has 1 N–H and O–H groups in total. The van der Waals surface area contributed by atoms with Crippen LogP contribution in [0, 0.1) is 6.92 Å². The van der Waals surface area contributed by atoms with Crippen LogP contribution < -0.4 is 14.8 Å². The van der Waals surface area contributed by atoms with Gasteiger partial charge in [0.25, 0.3) is 11.8 Å². The maximum absolute atomic E-state index is 13.0. The normalized spacial score (nSPS) is 18.7. The Morgan fingerprint density at radius 2 is 1.94 bits per heavy atom. The number of likely N-dealkylation sites (tertiary alicyclic amines) is 1. The number of piperidine rings is 1. The fraction of sp³-hybridized carbons (Fsp3) is 0.435. The summed E-state index contributed by atoms with van der Waals surface area (Å²) >= 11 is 0. The topological polar surface area (TPSA) is 103 Å². The smallest absolute Gasteiger partial charge is 0.287 e. The molecule has 9 nitrogen and oxygen atoms in total. The molecule has 0 radical (unpaired) electrons. The standard InChI is InChI=1S/C23H27N3O6/c1-14-8-11-31-21(14)22(27)24-15-6-9-26(10-7-15)23(28)20-13-18(25-32-20)17-12-16(29-2)4-5-19(17)30-3/h4-5,8,11-12,15,20H,6-7,9-10,13H2,1-3H3,(H,24,27). The summed E-state index contributed by atoms with van der Waals surface area (Å²) in [6.07, 6.45) is 2.53. The van der Waals surface area contributed by atoms with Crippen LogP contribution in [0.4, 0.5) is 0 Å². The summed E-state index contributed by atoms with van der Waals surface area (Å²) in [6.45, 7) is 2.91. The van der Waals surface area contributed by atoms with Crippen LogP contribution in [0.5, 0.6) is 11.5 Å². The van der Waals surface area contributed by atoms with Crippen LogP contribution >= 0.6 is 0 Å². The number of hydrogen-bond donors (Lipinski definition) is 1. The van der Waals surface area contributed by atoms with Gasteiger partial charge >= 0.3 is 0 Å². The lowest BCUT2D eigenvalue weighted by atomic mass is 10.0. The van der Waals surface area contributed by atoms with E-state index in [9.17, 15) is 9.59 Å². The first-order chi connectivity index (χ1) is 15.5. The van der Waals surface area contributed by atoms with Gasteiger partial charge in [0.05, 0.1) is 26.2 Å². The molecule has 2 aliphatic heterocycles. The SMILES string of the molecule is COc1ccc(OC)c(C2=NOC(C(=O)N3CCC(NC(=O)c4occc4C)CC3)C2)c1. The van der Waals surface area contributed by atoms with Gasteiger partial charge in [-0.15, -0.1) is 0 Å². The third kappa shape index (κ3) is 4.42. The molecule has 1 aromatic heterocycles. The summed E-state index contributed by atoms with van der Waals surface area (Å²) in [7, 11) is 3.17. The number of ether oxygens (including phenoxy) is 2. The molecule has 2 amide bonds. The number of amides is 2. The van der Waals surface area contributed by atoms with E-state index in [1.165, 1.54) is 6.26 Å². The predicted molar refractivity (Wildman–Crippen MR) is 116 cm³/mol. The highest BCUT2D eigenvalue weighted by Crippen LogP contribution is 2.29. The van der Waals surface area contributed by atoms with Gasteiger partial charge in [0.15, 0.2) is 5.76 Å². The minimum atomic E-state index is -0.669. The molecule has 2 aromatic rings. The number of carbonyl (C=O) groups excluding carboxylic acids is 2. The lowest BCUT2D eigenvalue weighted by Crippen LogP contribution is -2.49. The van der Waals surface area contributed by atoms with Crippen LogP contribution in [0.3, 0.4) is 0 Å². The summed E-state index contributed by atoms with van der Waals surface area (Å²) in [5, 5.41) is 7.14. The highest BCUT2D eigenvalue weighted by Gasteiger charge is 2.35. The van der Waals surface area contributed by atoms with E-state index >= 15 is 0 Å². The van der Waals surface area contributed by atoms with Crippen molar-refractivity contribution >= 4 is 17.5 Å². The summed E-state index contributed by atoms with van der Waals surface area (Å²) in [6, 6.07) is 7.18. The first kappa shape index (κ1) is 21.7. The number of benzene rings is 1. The fourth-order valence-electron chi connectivity index (χ4n) is 4.01. The average molecular weight is 441 g/mol. The van der Waals surface area contributed by atoms with Crippen LogP contribution in [0.1, 0.15) is 40.9 Å². The molecule has 0 bridgehead atoms. The van der Waals surface area contributed by atoms with E-state index in [0.717, 1.165) is 11.1 Å². The Kier molecular flexibility index (Phi) is 6.34. The van der Waals surface area contributed by atoms with Crippen molar-refractivity contribution in [3.05, 3.63) is 47.4 Å². The molecule has 1 fully saturated rings. The molecule has 170 valence electrons. The summed E-state index contributed by atoms with van der Waals surface area (Å²) in [5.41, 5.74) is 2.20. The molecular formula is C23H27N3O6. The Bertz CT molecular complexity index is 1020. The van der Waals surface area contributed by atoms with Crippen LogP contribution in [-0.4, -0.2) is 61.9 Å². The van der Waals surface area contributed by atoms with Crippen LogP contribution in [-0.2, 0) is 9.63 Å². The molecule has 32 heavy (non-hydrogen) atoms. The largest absolute Gasteiger partial charge is 0.497 e. The van der Waals surface area contributed by atoms with E-state index in [4.69, 9.17) is 18.7 Å². The van der Waals surface area contributed by atoms with Crippen LogP contribution in [0.2, 0.25) is 0 Å². The van der Waals surface area contributed by atoms with E-state index in [1.807, 2.05) is 13.0 Å². The molecule has 3 heterocycles. The molecule has 1 atom stereocenters. The van der Waals surface area contributed by atoms with Crippen molar-refractivity contribution in [1.29, 1.82) is 0 Å². The Hall–Kier alpha value is -3.49. The van der Waals surface area contributed by atoms with Crippen molar-refractivity contribution in [3.63, 3.8) is 0 Å². The molecule has 4 rings (SSSR count). The Labute approximate surface area is 186 Å². The zero-order valence-electron chi connectivity index (χ0n) is 18.4. The zero-order chi connectivity index (χ0) is 22.7. The minimum absolute atomic E-state index is 0.00611. The highest BCUT2D eigenvalue weighted by atomic mass is 16.6. The fourth-order valence-corrected chi connectivity index (χ4v) is 4.01. The quantitative estimate of drug-likeness (QED) is 0.739. The van der Waals surface area contributed by atoms with Crippen molar-refractivity contribution in [2.24, 2.45) is 5.16 Å². The number of nitrogens with one attached hydrogen (secondary N) is 1. The third-order valence-electron chi connectivity index (χ3n) is 5.87. The summed E-state index contributed by atoms with van der Waals surface area (Å²) < 4.78 is 16.0. The third-order valence-corrected chi connectivity index (χ3v) is 5.87. The first-order valence-electron chi connectivity index (χ1n) is 10.6. The second kappa shape index (κ2) is 9.33. The van der Waals surface area contributed by atoms with Gasteiger partial charge < -0.3 is 28.9 Å². The van der Waals surface area contributed by atoms with E-state index in [2.05, 4.69) is 10.5 Å². The van der Waals surface area contributed by atoms with Crippen LogP contribution in [0.25, 0.3) is 0 Å². The van der Waals surface area contributed by atoms with E-state index in [-0.39, 0.29) is 17.9 Å². The van der Waals surface area contributed by atoms with Gasteiger partial charge in [-0.3, -0.25) is 9.59 Å². The number of carbonyl (C=O) groups is 2. The molecule has 0 saturated carbocycles. The summed E-state index contributed by atoms with van der Waals surface area (Å²) in [5.74, 6) is 1.33. The molecule has 2 aliphatic rings. The number of hydrogen-bond acceptors (Lipinski definition) is 7. The van der Waals surface area contributed by atoms with Crippen molar-refractivity contribution < 1.29 is 28.3 Å². The second-order valence-electron chi connectivity index (χ2n) is 7.91. The maximum Gasteiger partial charge on any atom is 0.287 e. The first-order valence-corrected chi connectivity index (χ1v) is 10.6. The van der Waals surface area contributed by atoms with Crippen molar-refractivity contribution in [2.45, 2.75) is 38.3 Å². The van der Waals surface area contributed by atoms with Gasteiger partial charge in [0, 0.05) is 36.7 Å². The number of aryl methyl sites for hydroxylation is 1. The van der Waals surface area contributed by atoms with Gasteiger partial charge in [-0.25, -0.2) is 0 Å². The van der Waals surface area contributed by atoms with Gasteiger partial charge in [0.2, 0.25) is 6.10 Å². The summed E-state index contributed by atoms with van der Waals surface area (Å²) in [4.78, 5) is 32.6. The lowest BCUT2D eigenvalue weighted by Gasteiger charge is -2.33. The number of oxime groups is 1. The minimum Gasteiger partial charge on any atom is -0.497 e. The van der Waals surface area contributed by atoms with E-state index in [1.54, 1.807) is 37.3 Å². The Morgan fingerprint density at radius 1 is 1.16 bits per heavy atom. The molecular weight excluding hydrogens is 414 g/mol. The second-order valence-corrected chi connectivity index (χ2v) is 7.91. The molecule has 1 saturated heterocycles. The number of furan rings is 1. The number of rotatable bonds is 6.